The number of fused-ring (bicyclic) bond motifs is 1. The van der Waals surface area contributed by atoms with Crippen LogP contribution in [-0.4, -0.2) is 70.1 Å². The van der Waals surface area contributed by atoms with Crippen LogP contribution in [0.5, 0.6) is 0 Å². The Labute approximate surface area is 169 Å². The number of carbonyl (C=O) groups excluding carboxylic acids is 1. The number of sulfonamides is 1. The number of aromatic nitrogens is 2. The van der Waals surface area contributed by atoms with Gasteiger partial charge in [-0.25, -0.2) is 13.4 Å². The summed E-state index contributed by atoms with van der Waals surface area (Å²) in [4.78, 5) is 23.0. The molecule has 1 aromatic heterocycles. The quantitative estimate of drug-likeness (QED) is 0.744. The summed E-state index contributed by atoms with van der Waals surface area (Å²) >= 11 is 0. The van der Waals surface area contributed by atoms with E-state index in [4.69, 9.17) is 4.74 Å². The van der Waals surface area contributed by atoms with Gasteiger partial charge in [0.2, 0.25) is 10.0 Å². The number of hydrogen-bond donors (Lipinski definition) is 0. The zero-order valence-corrected chi connectivity index (χ0v) is 16.9. The van der Waals surface area contributed by atoms with Crippen molar-refractivity contribution in [3.8, 4) is 0 Å². The van der Waals surface area contributed by atoms with Crippen molar-refractivity contribution in [1.29, 1.82) is 0 Å². The van der Waals surface area contributed by atoms with Gasteiger partial charge in [-0.2, -0.15) is 4.31 Å². The number of likely N-dealkylation sites (tertiary alicyclic amines) is 1. The summed E-state index contributed by atoms with van der Waals surface area (Å²) in [7, 11) is -3.50. The van der Waals surface area contributed by atoms with Crippen LogP contribution in [0.25, 0.3) is 0 Å². The molecule has 0 radical (unpaired) electrons. The Balaban J connectivity index is 1.41. The lowest BCUT2D eigenvalue weighted by Gasteiger charge is -2.39. The van der Waals surface area contributed by atoms with Crippen molar-refractivity contribution < 1.29 is 17.9 Å². The highest BCUT2D eigenvalue weighted by Crippen LogP contribution is 2.47. The van der Waals surface area contributed by atoms with Crippen molar-refractivity contribution in [3.05, 3.63) is 59.7 Å². The van der Waals surface area contributed by atoms with Gasteiger partial charge in [-0.15, -0.1) is 0 Å². The molecule has 1 amide bonds. The molecule has 29 heavy (non-hydrogen) atoms. The summed E-state index contributed by atoms with van der Waals surface area (Å²) in [5.41, 5.74) is 1.06. The SMILES string of the molecule is Cc1cnc(C(=O)N2C[C@@H]3C[C@@H]4[C@@](C2)(CN(Cc2ccccc2)S4(=O)=O)O3)cn1. The van der Waals surface area contributed by atoms with Gasteiger partial charge in [0.25, 0.3) is 5.91 Å². The fourth-order valence-electron chi connectivity index (χ4n) is 4.70. The first-order valence-electron chi connectivity index (χ1n) is 9.66. The molecule has 0 N–H and O–H groups in total. The van der Waals surface area contributed by atoms with Crippen LogP contribution >= 0.6 is 0 Å². The summed E-state index contributed by atoms with van der Waals surface area (Å²) in [5, 5.41) is -0.620. The molecular weight excluding hydrogens is 392 g/mol. The number of hydrogen-bond acceptors (Lipinski definition) is 6. The second-order valence-electron chi connectivity index (χ2n) is 8.06. The van der Waals surface area contributed by atoms with E-state index in [1.807, 2.05) is 37.3 Å². The fourth-order valence-corrected chi connectivity index (χ4v) is 6.99. The molecule has 8 nitrogen and oxygen atoms in total. The topological polar surface area (TPSA) is 92.7 Å². The highest BCUT2D eigenvalue weighted by atomic mass is 32.2. The van der Waals surface area contributed by atoms with Crippen LogP contribution in [0.1, 0.15) is 28.2 Å². The number of carbonyl (C=O) groups is 1. The maximum atomic E-state index is 13.2. The Morgan fingerprint density at radius 2 is 2.00 bits per heavy atom. The maximum absolute atomic E-state index is 13.2. The molecule has 2 aromatic rings. The predicted octanol–water partition coefficient (Wildman–Crippen LogP) is 0.983. The molecule has 3 atom stereocenters. The first-order chi connectivity index (χ1) is 13.9. The average molecular weight is 414 g/mol. The van der Waals surface area contributed by atoms with E-state index in [-0.39, 0.29) is 30.8 Å². The van der Waals surface area contributed by atoms with Gasteiger partial charge in [0.15, 0.2) is 0 Å². The van der Waals surface area contributed by atoms with E-state index in [9.17, 15) is 13.2 Å². The Morgan fingerprint density at radius 3 is 2.72 bits per heavy atom. The van der Waals surface area contributed by atoms with E-state index in [0.717, 1.165) is 11.3 Å². The standard InChI is InChI=1S/C20H22N4O4S/c1-14-8-22-17(9-21-14)19(25)23-11-16-7-18-20(12-23,28-16)13-24(29(18,26)27)10-15-5-3-2-4-6-15/h2-6,8-9,16,18H,7,10-13H2,1H3/t16-,18+,20+/m0/s1. The van der Waals surface area contributed by atoms with Crippen molar-refractivity contribution in [2.24, 2.45) is 0 Å². The highest BCUT2D eigenvalue weighted by Gasteiger charge is 2.65. The molecular formula is C20H22N4O4S. The van der Waals surface area contributed by atoms with Crippen molar-refractivity contribution in [3.63, 3.8) is 0 Å². The molecule has 1 aromatic carbocycles. The highest BCUT2D eigenvalue weighted by molar-refractivity contribution is 7.90. The van der Waals surface area contributed by atoms with Gasteiger partial charge < -0.3 is 9.64 Å². The smallest absolute Gasteiger partial charge is 0.274 e. The third kappa shape index (κ3) is 3.04. The molecule has 0 aliphatic carbocycles. The molecule has 3 fully saturated rings. The Bertz CT molecular complexity index is 1040. The normalized spacial score (nSPS) is 30.3. The van der Waals surface area contributed by atoms with Crippen LogP contribution in [-0.2, 0) is 21.3 Å². The van der Waals surface area contributed by atoms with Crippen molar-refractivity contribution in [2.75, 3.05) is 19.6 Å². The summed E-state index contributed by atoms with van der Waals surface area (Å²) in [5.74, 6) is -0.232. The molecule has 152 valence electrons. The number of aryl methyl sites for hydroxylation is 1. The fraction of sp³-hybridized carbons (Fsp3) is 0.450. The third-order valence-electron chi connectivity index (χ3n) is 6.00. The lowest BCUT2D eigenvalue weighted by Crippen LogP contribution is -2.56. The molecule has 2 bridgehead atoms. The van der Waals surface area contributed by atoms with Crippen LogP contribution in [0.4, 0.5) is 0 Å². The van der Waals surface area contributed by atoms with Gasteiger partial charge in [-0.05, 0) is 18.9 Å². The summed E-state index contributed by atoms with van der Waals surface area (Å²) in [6.07, 6.45) is 3.17. The first kappa shape index (κ1) is 18.7. The van der Waals surface area contributed by atoms with E-state index in [1.54, 1.807) is 11.1 Å². The van der Waals surface area contributed by atoms with E-state index in [1.165, 1.54) is 10.5 Å². The number of benzene rings is 1. The Morgan fingerprint density at radius 1 is 1.21 bits per heavy atom. The number of nitrogens with zero attached hydrogens (tertiary/aromatic N) is 4. The number of amides is 1. The van der Waals surface area contributed by atoms with Crippen molar-refractivity contribution >= 4 is 15.9 Å². The van der Waals surface area contributed by atoms with Gasteiger partial charge in [-0.3, -0.25) is 9.78 Å². The maximum Gasteiger partial charge on any atom is 0.274 e. The molecule has 1 spiro atoms. The van der Waals surface area contributed by atoms with Crippen LogP contribution in [0.2, 0.25) is 0 Å². The average Bonchev–Trinajstić information content (AvgIpc) is 3.08. The van der Waals surface area contributed by atoms with Crippen LogP contribution in [0.3, 0.4) is 0 Å². The molecule has 3 aliphatic heterocycles. The van der Waals surface area contributed by atoms with Gasteiger partial charge >= 0.3 is 0 Å². The Kier molecular flexibility index (Phi) is 4.23. The van der Waals surface area contributed by atoms with Crippen LogP contribution in [0.15, 0.2) is 42.7 Å². The minimum Gasteiger partial charge on any atom is -0.365 e. The summed E-state index contributed by atoms with van der Waals surface area (Å²) in [6.45, 7) is 3.00. The Hall–Kier alpha value is -2.36. The largest absolute Gasteiger partial charge is 0.365 e. The third-order valence-corrected chi connectivity index (χ3v) is 8.32. The second-order valence-corrected chi connectivity index (χ2v) is 10.2. The summed E-state index contributed by atoms with van der Waals surface area (Å²) in [6, 6.07) is 9.53. The van der Waals surface area contributed by atoms with Crippen molar-refractivity contribution in [2.45, 2.75) is 36.8 Å². The van der Waals surface area contributed by atoms with Crippen LogP contribution in [0, 0.1) is 6.92 Å². The second kappa shape index (κ2) is 6.58. The van der Waals surface area contributed by atoms with Crippen LogP contribution < -0.4 is 0 Å². The lowest BCUT2D eigenvalue weighted by molar-refractivity contribution is -0.0981. The zero-order chi connectivity index (χ0) is 20.2. The van der Waals surface area contributed by atoms with Gasteiger partial charge in [0.1, 0.15) is 16.5 Å². The van der Waals surface area contributed by atoms with E-state index < -0.39 is 20.9 Å². The molecule has 9 heteroatoms. The van der Waals surface area contributed by atoms with Gasteiger partial charge in [0, 0.05) is 25.8 Å². The minimum atomic E-state index is -3.50. The first-order valence-corrected chi connectivity index (χ1v) is 11.2. The molecule has 4 heterocycles. The molecule has 3 saturated heterocycles. The van der Waals surface area contributed by atoms with Gasteiger partial charge in [-0.1, -0.05) is 30.3 Å². The summed E-state index contributed by atoms with van der Waals surface area (Å²) < 4.78 is 34.1. The minimum absolute atomic E-state index is 0.232. The van der Waals surface area contributed by atoms with Crippen molar-refractivity contribution in [1.82, 2.24) is 19.2 Å². The van der Waals surface area contributed by atoms with Gasteiger partial charge in [0.05, 0.1) is 24.5 Å². The number of morpholine rings is 1. The lowest BCUT2D eigenvalue weighted by atomic mass is 9.99. The van der Waals surface area contributed by atoms with E-state index >= 15 is 0 Å². The number of ether oxygens (including phenoxy) is 1. The molecule has 0 saturated carbocycles. The monoisotopic (exact) mass is 414 g/mol. The molecule has 3 aliphatic rings. The molecule has 5 rings (SSSR count). The van der Waals surface area contributed by atoms with E-state index in [2.05, 4.69) is 9.97 Å². The molecule has 0 unspecified atom stereocenters. The van der Waals surface area contributed by atoms with E-state index in [0.29, 0.717) is 19.5 Å². The predicted molar refractivity (Wildman–Crippen MR) is 104 cm³/mol. The number of rotatable bonds is 3. The zero-order valence-electron chi connectivity index (χ0n) is 16.1.